The summed E-state index contributed by atoms with van der Waals surface area (Å²) < 4.78 is 6.15. The summed E-state index contributed by atoms with van der Waals surface area (Å²) in [5.74, 6) is 0.0352. The molecule has 0 aliphatic carbocycles. The van der Waals surface area contributed by atoms with Crippen molar-refractivity contribution in [2.75, 3.05) is 12.0 Å². The first-order valence-corrected chi connectivity index (χ1v) is 13.5. The Hall–Kier alpha value is -3.43. The van der Waals surface area contributed by atoms with Crippen molar-refractivity contribution in [3.63, 3.8) is 0 Å². The smallest absolute Gasteiger partial charge is 0.247 e. The molecule has 2 amide bonds. The van der Waals surface area contributed by atoms with Gasteiger partial charge in [0.1, 0.15) is 11.0 Å². The van der Waals surface area contributed by atoms with Gasteiger partial charge in [-0.05, 0) is 54.4 Å². The van der Waals surface area contributed by atoms with Gasteiger partial charge in [0.2, 0.25) is 11.8 Å². The fraction of sp³-hybridized carbons (Fsp3) is 0.214. The van der Waals surface area contributed by atoms with Gasteiger partial charge in [-0.15, -0.1) is 0 Å². The molecule has 0 aromatic heterocycles. The lowest BCUT2D eigenvalue weighted by molar-refractivity contribution is -0.121. The Labute approximate surface area is 228 Å². The molecule has 3 aromatic carbocycles. The molecule has 2 atom stereocenters. The second kappa shape index (κ2) is 10.5. The van der Waals surface area contributed by atoms with E-state index in [1.165, 1.54) is 4.90 Å². The SMILES string of the molecule is COc1ccc(N2C(=O)CC(SC(=N)N3N=C(c4ccc(C)cc4)CC3c3ccc(Br)cc3)C2=O)cc1. The van der Waals surface area contributed by atoms with Crippen LogP contribution in [0.25, 0.3) is 0 Å². The number of anilines is 1. The highest BCUT2D eigenvalue weighted by molar-refractivity contribution is 9.10. The number of ether oxygens (including phenoxy) is 1. The van der Waals surface area contributed by atoms with E-state index in [2.05, 4.69) is 15.9 Å². The molecule has 1 N–H and O–H groups in total. The minimum atomic E-state index is -0.689. The van der Waals surface area contributed by atoms with Crippen molar-refractivity contribution in [3.05, 3.63) is 94.0 Å². The number of hydrogen-bond acceptors (Lipinski definition) is 6. The Balaban J connectivity index is 1.38. The molecule has 0 bridgehead atoms. The number of amidine groups is 1. The second-order valence-corrected chi connectivity index (χ2v) is 11.0. The monoisotopic (exact) mass is 576 g/mol. The number of halogens is 1. The van der Waals surface area contributed by atoms with Gasteiger partial charge in [0, 0.05) is 17.3 Å². The molecular weight excluding hydrogens is 552 g/mol. The van der Waals surface area contributed by atoms with Gasteiger partial charge in [0.05, 0.1) is 24.6 Å². The summed E-state index contributed by atoms with van der Waals surface area (Å²) in [6.07, 6.45) is 0.659. The third-order valence-corrected chi connectivity index (χ3v) is 8.04. The molecule has 37 heavy (non-hydrogen) atoms. The van der Waals surface area contributed by atoms with Gasteiger partial charge in [0.15, 0.2) is 5.17 Å². The Morgan fingerprint density at radius 1 is 1.00 bits per heavy atom. The fourth-order valence-electron chi connectivity index (χ4n) is 4.45. The number of imide groups is 1. The van der Waals surface area contributed by atoms with Crippen molar-refractivity contribution in [2.24, 2.45) is 5.10 Å². The number of hydrogen-bond donors (Lipinski definition) is 1. The molecule has 1 fully saturated rings. The Bertz CT molecular complexity index is 1370. The lowest BCUT2D eigenvalue weighted by Gasteiger charge is -2.24. The first kappa shape index (κ1) is 25.2. The molecule has 2 unspecified atom stereocenters. The zero-order valence-corrected chi connectivity index (χ0v) is 22.8. The van der Waals surface area contributed by atoms with Crippen molar-refractivity contribution in [1.82, 2.24) is 5.01 Å². The molecule has 0 spiro atoms. The van der Waals surface area contributed by atoms with Gasteiger partial charge in [-0.3, -0.25) is 15.0 Å². The largest absolute Gasteiger partial charge is 0.497 e. The van der Waals surface area contributed by atoms with E-state index in [0.29, 0.717) is 17.9 Å². The molecule has 188 valence electrons. The van der Waals surface area contributed by atoms with E-state index in [0.717, 1.165) is 38.6 Å². The van der Waals surface area contributed by atoms with Gasteiger partial charge >= 0.3 is 0 Å². The molecular formula is C28H25BrN4O3S. The van der Waals surface area contributed by atoms with Crippen molar-refractivity contribution in [1.29, 1.82) is 5.41 Å². The predicted molar refractivity (Wildman–Crippen MR) is 150 cm³/mol. The maximum atomic E-state index is 13.2. The summed E-state index contributed by atoms with van der Waals surface area (Å²) in [5, 5.41) is 14.9. The number of carbonyl (C=O) groups excluding carboxylic acids is 2. The number of aryl methyl sites for hydroxylation is 1. The summed E-state index contributed by atoms with van der Waals surface area (Å²) in [5.41, 5.74) is 4.57. The van der Waals surface area contributed by atoms with Gasteiger partial charge in [-0.2, -0.15) is 5.10 Å². The van der Waals surface area contributed by atoms with E-state index in [9.17, 15) is 9.59 Å². The molecule has 7 nitrogen and oxygen atoms in total. The molecule has 3 aromatic rings. The minimum absolute atomic E-state index is 0.0310. The van der Waals surface area contributed by atoms with E-state index >= 15 is 0 Å². The predicted octanol–water partition coefficient (Wildman–Crippen LogP) is 5.92. The van der Waals surface area contributed by atoms with Crippen LogP contribution in [0.5, 0.6) is 5.75 Å². The first-order valence-electron chi connectivity index (χ1n) is 11.8. The minimum Gasteiger partial charge on any atom is -0.497 e. The fourth-order valence-corrected chi connectivity index (χ4v) is 5.69. The van der Waals surface area contributed by atoms with Crippen LogP contribution in [0.15, 0.2) is 82.4 Å². The van der Waals surface area contributed by atoms with Crippen LogP contribution >= 0.6 is 27.7 Å². The van der Waals surface area contributed by atoms with E-state index in [1.54, 1.807) is 36.4 Å². The number of hydrazone groups is 1. The van der Waals surface area contributed by atoms with E-state index in [-0.39, 0.29) is 29.4 Å². The van der Waals surface area contributed by atoms with E-state index in [4.69, 9.17) is 15.2 Å². The number of amides is 2. The topological polar surface area (TPSA) is 86.1 Å². The maximum Gasteiger partial charge on any atom is 0.247 e. The number of nitrogens with zero attached hydrogens (tertiary/aromatic N) is 3. The lowest BCUT2D eigenvalue weighted by atomic mass is 9.98. The highest BCUT2D eigenvalue weighted by atomic mass is 79.9. The number of methoxy groups -OCH3 is 1. The Morgan fingerprint density at radius 2 is 1.68 bits per heavy atom. The van der Waals surface area contributed by atoms with Crippen molar-refractivity contribution >= 4 is 56.1 Å². The first-order chi connectivity index (χ1) is 17.8. The van der Waals surface area contributed by atoms with Gasteiger partial charge in [0.25, 0.3) is 0 Å². The normalized spacial score (nSPS) is 19.4. The third-order valence-electron chi connectivity index (χ3n) is 6.45. The zero-order valence-electron chi connectivity index (χ0n) is 20.3. The molecule has 9 heteroatoms. The maximum absolute atomic E-state index is 13.2. The summed E-state index contributed by atoms with van der Waals surface area (Å²) in [6, 6.07) is 22.8. The van der Waals surface area contributed by atoms with Crippen LogP contribution in [0.2, 0.25) is 0 Å². The third kappa shape index (κ3) is 5.19. The number of nitrogens with one attached hydrogen (secondary N) is 1. The van der Waals surface area contributed by atoms with Crippen LogP contribution < -0.4 is 9.64 Å². The van der Waals surface area contributed by atoms with E-state index < -0.39 is 5.25 Å². The highest BCUT2D eigenvalue weighted by Gasteiger charge is 2.42. The molecule has 2 heterocycles. The van der Waals surface area contributed by atoms with E-state index in [1.807, 2.05) is 55.5 Å². The summed E-state index contributed by atoms with van der Waals surface area (Å²) in [6.45, 7) is 2.04. The average Bonchev–Trinajstić information content (AvgIpc) is 3.46. The van der Waals surface area contributed by atoms with Crippen LogP contribution in [0.1, 0.15) is 35.6 Å². The Kier molecular flexibility index (Phi) is 7.17. The van der Waals surface area contributed by atoms with Crippen LogP contribution in [-0.2, 0) is 9.59 Å². The molecule has 5 rings (SSSR count). The van der Waals surface area contributed by atoms with Crippen molar-refractivity contribution in [2.45, 2.75) is 31.1 Å². The number of rotatable bonds is 5. The van der Waals surface area contributed by atoms with Gasteiger partial charge < -0.3 is 4.74 Å². The standard InChI is InChI=1S/C28H25BrN4O3S/c1-17-3-5-18(6-4-17)23-15-24(19-7-9-20(29)10-8-19)33(31-23)28(30)37-25-16-26(34)32(27(25)35)21-11-13-22(36-2)14-12-21/h3-14,24-25,30H,15-16H2,1-2H3. The molecule has 0 radical (unpaired) electrons. The molecule has 2 aliphatic heterocycles. The van der Waals surface area contributed by atoms with Crippen LogP contribution in [0.4, 0.5) is 5.69 Å². The van der Waals surface area contributed by atoms with Gasteiger partial charge in [-0.25, -0.2) is 9.91 Å². The van der Waals surface area contributed by atoms with Crippen LogP contribution in [0.3, 0.4) is 0 Å². The summed E-state index contributed by atoms with van der Waals surface area (Å²) in [7, 11) is 1.56. The summed E-state index contributed by atoms with van der Waals surface area (Å²) in [4.78, 5) is 27.2. The van der Waals surface area contributed by atoms with Crippen LogP contribution in [0, 0.1) is 12.3 Å². The Morgan fingerprint density at radius 3 is 2.32 bits per heavy atom. The van der Waals surface area contributed by atoms with Crippen LogP contribution in [-0.4, -0.2) is 40.1 Å². The highest BCUT2D eigenvalue weighted by Crippen LogP contribution is 2.38. The number of carbonyl (C=O) groups is 2. The molecule has 2 aliphatic rings. The number of thioether (sulfide) groups is 1. The average molecular weight is 578 g/mol. The van der Waals surface area contributed by atoms with Gasteiger partial charge in [-0.1, -0.05) is 69.7 Å². The second-order valence-electron chi connectivity index (χ2n) is 8.91. The van der Waals surface area contributed by atoms with Crippen molar-refractivity contribution in [3.8, 4) is 5.75 Å². The van der Waals surface area contributed by atoms with Crippen molar-refractivity contribution < 1.29 is 14.3 Å². The lowest BCUT2D eigenvalue weighted by Crippen LogP contribution is -2.32. The molecule has 0 saturated carbocycles. The molecule has 1 saturated heterocycles. The quantitative estimate of drug-likeness (QED) is 0.231. The summed E-state index contributed by atoms with van der Waals surface area (Å²) >= 11 is 4.57. The number of benzene rings is 3. The zero-order chi connectivity index (χ0) is 26.1.